The second-order valence-electron chi connectivity index (χ2n) is 5.44. The van der Waals surface area contributed by atoms with Gasteiger partial charge in [0.05, 0.1) is 0 Å². The molecule has 2 atom stereocenters. The van der Waals surface area contributed by atoms with Gasteiger partial charge in [-0.25, -0.2) is 0 Å². The van der Waals surface area contributed by atoms with Crippen LogP contribution in [-0.4, -0.2) is 29.1 Å². The normalized spacial score (nSPS) is 22.3. The molecule has 1 aliphatic rings. The lowest BCUT2D eigenvalue weighted by molar-refractivity contribution is -0.143. The number of nitrogens with zero attached hydrogens (tertiary/aromatic N) is 1. The Morgan fingerprint density at radius 3 is 2.50 bits per heavy atom. The van der Waals surface area contributed by atoms with E-state index < -0.39 is 12.0 Å². The molecule has 2 rings (SSSR count). The quantitative estimate of drug-likeness (QED) is 0.889. The minimum Gasteiger partial charge on any atom is -0.480 e. The Balaban J connectivity index is 2.16. The standard InChI is InChI=1S/C15H21NO2/c1-11(2)13-8-9-16(10-13)14(15(17)18)12-6-4-3-5-7-12/h3-7,11,13-14H,8-10H2,1-2H3,(H,17,18). The largest absolute Gasteiger partial charge is 0.480 e. The molecule has 1 aliphatic heterocycles. The number of hydrogen-bond donors (Lipinski definition) is 1. The zero-order chi connectivity index (χ0) is 13.1. The smallest absolute Gasteiger partial charge is 0.325 e. The Morgan fingerprint density at radius 1 is 1.33 bits per heavy atom. The van der Waals surface area contributed by atoms with Crippen LogP contribution < -0.4 is 0 Å². The van der Waals surface area contributed by atoms with Gasteiger partial charge in [0.15, 0.2) is 0 Å². The first-order chi connectivity index (χ1) is 8.59. The van der Waals surface area contributed by atoms with E-state index in [4.69, 9.17) is 0 Å². The van der Waals surface area contributed by atoms with Crippen molar-refractivity contribution in [3.05, 3.63) is 35.9 Å². The third kappa shape index (κ3) is 2.72. The predicted molar refractivity (Wildman–Crippen MR) is 71.3 cm³/mol. The molecule has 98 valence electrons. The Bertz CT molecular complexity index is 402. The molecule has 18 heavy (non-hydrogen) atoms. The molecule has 2 unspecified atom stereocenters. The van der Waals surface area contributed by atoms with E-state index in [0.29, 0.717) is 11.8 Å². The van der Waals surface area contributed by atoms with Gasteiger partial charge in [0.1, 0.15) is 6.04 Å². The minimum atomic E-state index is -0.745. The average Bonchev–Trinajstić information content (AvgIpc) is 2.79. The van der Waals surface area contributed by atoms with Gasteiger partial charge in [-0.1, -0.05) is 44.2 Å². The molecule has 0 aromatic heterocycles. The molecular formula is C15H21NO2. The zero-order valence-corrected chi connectivity index (χ0v) is 11.0. The van der Waals surface area contributed by atoms with Gasteiger partial charge in [-0.2, -0.15) is 0 Å². The van der Waals surface area contributed by atoms with E-state index in [0.717, 1.165) is 25.1 Å². The molecule has 0 spiro atoms. The third-order valence-corrected chi connectivity index (χ3v) is 3.91. The SMILES string of the molecule is CC(C)C1CCN(C(C(=O)O)c2ccccc2)C1. The maximum absolute atomic E-state index is 11.5. The van der Waals surface area contributed by atoms with Gasteiger partial charge in [-0.15, -0.1) is 0 Å². The molecule has 0 radical (unpaired) electrons. The van der Waals surface area contributed by atoms with Gasteiger partial charge in [0.25, 0.3) is 0 Å². The summed E-state index contributed by atoms with van der Waals surface area (Å²) in [5.41, 5.74) is 0.884. The Kier molecular flexibility index (Phi) is 4.02. The summed E-state index contributed by atoms with van der Waals surface area (Å²) >= 11 is 0. The maximum Gasteiger partial charge on any atom is 0.325 e. The highest BCUT2D eigenvalue weighted by atomic mass is 16.4. The first-order valence-electron chi connectivity index (χ1n) is 6.61. The van der Waals surface area contributed by atoms with Crippen molar-refractivity contribution < 1.29 is 9.90 Å². The Labute approximate surface area is 108 Å². The van der Waals surface area contributed by atoms with Crippen LogP contribution in [-0.2, 0) is 4.79 Å². The van der Waals surface area contributed by atoms with Crippen molar-refractivity contribution in [2.24, 2.45) is 11.8 Å². The summed E-state index contributed by atoms with van der Waals surface area (Å²) in [5.74, 6) is 0.501. The first-order valence-corrected chi connectivity index (χ1v) is 6.61. The number of carbonyl (C=O) groups is 1. The van der Waals surface area contributed by atoms with Crippen molar-refractivity contribution in [3.8, 4) is 0 Å². The molecule has 1 N–H and O–H groups in total. The fourth-order valence-electron chi connectivity index (χ4n) is 2.74. The van der Waals surface area contributed by atoms with Crippen molar-refractivity contribution in [1.82, 2.24) is 4.90 Å². The van der Waals surface area contributed by atoms with E-state index in [9.17, 15) is 9.90 Å². The Morgan fingerprint density at radius 2 is 2.00 bits per heavy atom. The second-order valence-corrected chi connectivity index (χ2v) is 5.44. The van der Waals surface area contributed by atoms with Crippen LogP contribution in [0.2, 0.25) is 0 Å². The highest BCUT2D eigenvalue weighted by Gasteiger charge is 2.34. The Hall–Kier alpha value is -1.35. The average molecular weight is 247 g/mol. The zero-order valence-electron chi connectivity index (χ0n) is 11.0. The molecule has 1 heterocycles. The number of likely N-dealkylation sites (tertiary alicyclic amines) is 1. The highest BCUT2D eigenvalue weighted by Crippen LogP contribution is 2.31. The minimum absolute atomic E-state index is 0.491. The summed E-state index contributed by atoms with van der Waals surface area (Å²) in [6, 6.07) is 9.05. The van der Waals surface area contributed by atoms with Crippen molar-refractivity contribution in [1.29, 1.82) is 0 Å². The number of carboxylic acid groups (broad SMARTS) is 1. The van der Waals surface area contributed by atoms with Crippen LogP contribution in [0.4, 0.5) is 0 Å². The van der Waals surface area contributed by atoms with Crippen molar-refractivity contribution in [3.63, 3.8) is 0 Å². The first kappa shape index (κ1) is 13.1. The van der Waals surface area contributed by atoms with Crippen LogP contribution in [0.25, 0.3) is 0 Å². The van der Waals surface area contributed by atoms with Crippen LogP contribution in [0.3, 0.4) is 0 Å². The molecular weight excluding hydrogens is 226 g/mol. The lowest BCUT2D eigenvalue weighted by atomic mass is 9.95. The van der Waals surface area contributed by atoms with Crippen LogP contribution in [0.5, 0.6) is 0 Å². The molecule has 0 amide bonds. The molecule has 3 heteroatoms. The van der Waals surface area contributed by atoms with E-state index in [1.165, 1.54) is 0 Å². The summed E-state index contributed by atoms with van der Waals surface area (Å²) in [7, 11) is 0. The molecule has 1 aromatic carbocycles. The van der Waals surface area contributed by atoms with Crippen molar-refractivity contribution >= 4 is 5.97 Å². The molecule has 1 aromatic rings. The van der Waals surface area contributed by atoms with Gasteiger partial charge < -0.3 is 5.11 Å². The van der Waals surface area contributed by atoms with Gasteiger partial charge >= 0.3 is 5.97 Å². The number of aliphatic carboxylic acids is 1. The van der Waals surface area contributed by atoms with E-state index in [1.54, 1.807) is 0 Å². The number of hydrogen-bond acceptors (Lipinski definition) is 2. The van der Waals surface area contributed by atoms with Crippen LogP contribution in [0, 0.1) is 11.8 Å². The monoisotopic (exact) mass is 247 g/mol. The van der Waals surface area contributed by atoms with Gasteiger partial charge in [-0.05, 0) is 30.4 Å². The fraction of sp³-hybridized carbons (Fsp3) is 0.533. The molecule has 1 fully saturated rings. The molecule has 0 saturated carbocycles. The maximum atomic E-state index is 11.5. The van der Waals surface area contributed by atoms with Crippen molar-refractivity contribution in [2.75, 3.05) is 13.1 Å². The van der Waals surface area contributed by atoms with Gasteiger partial charge in [-0.3, -0.25) is 9.69 Å². The number of benzene rings is 1. The number of rotatable bonds is 4. The summed E-state index contributed by atoms with van der Waals surface area (Å²) in [6.07, 6.45) is 1.11. The molecule has 1 saturated heterocycles. The van der Waals surface area contributed by atoms with E-state index in [-0.39, 0.29) is 0 Å². The highest BCUT2D eigenvalue weighted by molar-refractivity contribution is 5.75. The fourth-order valence-corrected chi connectivity index (χ4v) is 2.74. The van der Waals surface area contributed by atoms with Crippen molar-refractivity contribution in [2.45, 2.75) is 26.3 Å². The van der Waals surface area contributed by atoms with Gasteiger partial charge in [0, 0.05) is 6.54 Å². The van der Waals surface area contributed by atoms with Crippen LogP contribution >= 0.6 is 0 Å². The summed E-state index contributed by atoms with van der Waals surface area (Å²) in [5, 5.41) is 9.47. The van der Waals surface area contributed by atoms with E-state index >= 15 is 0 Å². The second kappa shape index (κ2) is 5.53. The van der Waals surface area contributed by atoms with Crippen LogP contribution in [0.15, 0.2) is 30.3 Å². The lowest BCUT2D eigenvalue weighted by Crippen LogP contribution is -2.32. The van der Waals surface area contributed by atoms with Crippen LogP contribution in [0.1, 0.15) is 31.9 Å². The van der Waals surface area contributed by atoms with Gasteiger partial charge in [0.2, 0.25) is 0 Å². The molecule has 3 nitrogen and oxygen atoms in total. The summed E-state index contributed by atoms with van der Waals surface area (Å²) in [4.78, 5) is 13.6. The topological polar surface area (TPSA) is 40.5 Å². The van der Waals surface area contributed by atoms with E-state index in [2.05, 4.69) is 18.7 Å². The summed E-state index contributed by atoms with van der Waals surface area (Å²) < 4.78 is 0. The molecule has 0 aliphatic carbocycles. The third-order valence-electron chi connectivity index (χ3n) is 3.91. The predicted octanol–water partition coefficient (Wildman–Crippen LogP) is 2.79. The molecule has 0 bridgehead atoms. The number of carboxylic acids is 1. The lowest BCUT2D eigenvalue weighted by Gasteiger charge is -2.25. The van der Waals surface area contributed by atoms with E-state index in [1.807, 2.05) is 30.3 Å². The summed E-state index contributed by atoms with van der Waals surface area (Å²) in [6.45, 7) is 6.21.